The molecule has 0 saturated carbocycles. The Morgan fingerprint density at radius 2 is 1.23 bits per heavy atom. The normalized spacial score (nSPS) is 13.7. The first kappa shape index (κ1) is 38.0. The second-order valence-corrected chi connectivity index (χ2v) is 9.82. The molecule has 9 nitrogen and oxygen atoms in total. The molecule has 210 valence electrons. The number of carboxylic acid groups (broad SMARTS) is 2. The molecule has 2 unspecified atom stereocenters. The molecular formula is C25H52N2O7S. The Labute approximate surface area is 214 Å². The van der Waals surface area contributed by atoms with E-state index in [1.807, 2.05) is 6.92 Å². The molecule has 0 aliphatic rings. The molecule has 10 heteroatoms. The van der Waals surface area contributed by atoms with Crippen molar-refractivity contribution in [3.63, 3.8) is 0 Å². The zero-order chi connectivity index (χ0) is 28.1. The number of allylic oxidation sites excluding steroid dienone is 1. The topological polar surface area (TPSA) is 135 Å². The van der Waals surface area contributed by atoms with E-state index in [1.54, 1.807) is 0 Å². The van der Waals surface area contributed by atoms with Crippen molar-refractivity contribution in [3.05, 3.63) is 12.7 Å². The van der Waals surface area contributed by atoms with E-state index in [9.17, 15) is 32.8 Å². The minimum absolute atomic E-state index is 0.144. The monoisotopic (exact) mass is 524 g/mol. The summed E-state index contributed by atoms with van der Waals surface area (Å²) in [4.78, 5) is 27.6. The highest BCUT2D eigenvalue weighted by atomic mass is 32.2. The van der Waals surface area contributed by atoms with Gasteiger partial charge in [0.15, 0.2) is 0 Å². The van der Waals surface area contributed by atoms with Crippen molar-refractivity contribution in [1.82, 2.24) is 9.80 Å². The van der Waals surface area contributed by atoms with E-state index in [2.05, 4.69) is 57.9 Å². The van der Waals surface area contributed by atoms with Crippen LogP contribution in [0.15, 0.2) is 12.7 Å². The average molecular weight is 525 g/mol. The number of nitrogens with zero attached hydrogens (tertiary/aromatic N) is 2. The second-order valence-electron chi connectivity index (χ2n) is 8.14. The van der Waals surface area contributed by atoms with Crippen molar-refractivity contribution < 1.29 is 32.8 Å². The van der Waals surface area contributed by atoms with Gasteiger partial charge in [-0.1, -0.05) is 80.2 Å². The summed E-state index contributed by atoms with van der Waals surface area (Å²) in [5.74, 6) is -5.18. The number of hydrogen-bond acceptors (Lipinski definition) is 6. The van der Waals surface area contributed by atoms with E-state index < -0.39 is 39.1 Å². The first-order valence-electron chi connectivity index (χ1n) is 12.8. The fraction of sp³-hybridized carbons (Fsp3) is 0.840. The van der Waals surface area contributed by atoms with Crippen LogP contribution in [0.3, 0.4) is 0 Å². The van der Waals surface area contributed by atoms with Gasteiger partial charge in [0.2, 0.25) is 4.75 Å². The predicted molar refractivity (Wildman–Crippen MR) is 144 cm³/mol. The second kappa shape index (κ2) is 21.8. The molecule has 0 aromatic rings. The summed E-state index contributed by atoms with van der Waals surface area (Å²) in [7, 11) is -5.13. The summed E-state index contributed by atoms with van der Waals surface area (Å²) in [5, 5.41) is 18.5. The molecule has 0 aliphatic heterocycles. The maximum absolute atomic E-state index is 11.6. The summed E-state index contributed by atoms with van der Waals surface area (Å²) in [6, 6.07) is 0. The Hall–Kier alpha value is -1.49. The van der Waals surface area contributed by atoms with Gasteiger partial charge in [0.05, 0.1) is 5.92 Å². The van der Waals surface area contributed by atoms with E-state index >= 15 is 0 Å². The van der Waals surface area contributed by atoms with Gasteiger partial charge in [-0.15, -0.1) is 6.58 Å². The maximum Gasteiger partial charge on any atom is 0.328 e. The molecule has 0 aliphatic carbocycles. The van der Waals surface area contributed by atoms with Crippen LogP contribution in [-0.2, 0) is 19.7 Å². The Bertz CT molecular complexity index is 640. The van der Waals surface area contributed by atoms with Crippen LogP contribution in [0.1, 0.15) is 87.0 Å². The number of carbonyl (C=O) groups is 2. The Balaban J connectivity index is -0.000000594. The van der Waals surface area contributed by atoms with Crippen molar-refractivity contribution in [2.45, 2.75) is 91.7 Å². The Morgan fingerprint density at radius 1 is 0.829 bits per heavy atom. The van der Waals surface area contributed by atoms with Gasteiger partial charge in [0, 0.05) is 0 Å². The van der Waals surface area contributed by atoms with Gasteiger partial charge in [0.1, 0.15) is 0 Å². The first-order valence-corrected chi connectivity index (χ1v) is 14.3. The van der Waals surface area contributed by atoms with E-state index in [1.165, 1.54) is 39.3 Å². The van der Waals surface area contributed by atoms with Gasteiger partial charge in [0.25, 0.3) is 10.1 Å². The molecule has 35 heavy (non-hydrogen) atoms. The van der Waals surface area contributed by atoms with Crippen LogP contribution in [0.25, 0.3) is 0 Å². The molecule has 0 saturated heterocycles. The Morgan fingerprint density at radius 3 is 1.43 bits per heavy atom. The van der Waals surface area contributed by atoms with E-state index in [0.29, 0.717) is 12.8 Å². The third-order valence-corrected chi connectivity index (χ3v) is 7.71. The quantitative estimate of drug-likeness (QED) is 0.141. The maximum atomic E-state index is 11.6. The molecule has 0 spiro atoms. The van der Waals surface area contributed by atoms with E-state index in [0.717, 1.165) is 18.9 Å². The van der Waals surface area contributed by atoms with E-state index in [4.69, 9.17) is 0 Å². The first-order chi connectivity index (χ1) is 16.3. The molecular weight excluding hydrogens is 472 g/mol. The number of unbranched alkanes of at least 4 members (excludes halogenated alkanes) is 3. The van der Waals surface area contributed by atoms with Crippen LogP contribution in [0.2, 0.25) is 0 Å². The highest BCUT2D eigenvalue weighted by molar-refractivity contribution is 7.88. The van der Waals surface area contributed by atoms with Crippen molar-refractivity contribution in [1.29, 1.82) is 0 Å². The smallest absolute Gasteiger partial charge is 0.328 e. The molecule has 3 N–H and O–H groups in total. The lowest BCUT2D eigenvalue weighted by Gasteiger charge is -2.30. The fourth-order valence-corrected chi connectivity index (χ4v) is 4.79. The molecule has 0 bridgehead atoms. The van der Waals surface area contributed by atoms with Gasteiger partial charge < -0.3 is 20.0 Å². The number of hydrogen-bond donors (Lipinski definition) is 3. The van der Waals surface area contributed by atoms with Crippen LogP contribution in [0, 0.1) is 5.92 Å². The van der Waals surface area contributed by atoms with Crippen molar-refractivity contribution in [2.75, 3.05) is 39.3 Å². The largest absolute Gasteiger partial charge is 0.481 e. The number of aliphatic carboxylic acids is 2. The van der Waals surface area contributed by atoms with Crippen LogP contribution in [0.5, 0.6) is 0 Å². The molecule has 0 radical (unpaired) electrons. The van der Waals surface area contributed by atoms with E-state index in [-0.39, 0.29) is 6.42 Å². The molecule has 2 atom stereocenters. The van der Waals surface area contributed by atoms with Gasteiger partial charge in [-0.25, -0.2) is 0 Å². The average Bonchev–Trinajstić information content (AvgIpc) is 2.80. The van der Waals surface area contributed by atoms with Crippen LogP contribution < -0.4 is 0 Å². The lowest BCUT2D eigenvalue weighted by Crippen LogP contribution is -2.54. The van der Waals surface area contributed by atoms with Crippen LogP contribution in [-0.4, -0.2) is 88.9 Å². The molecule has 0 rings (SSSR count). The lowest BCUT2D eigenvalue weighted by atomic mass is 9.84. The van der Waals surface area contributed by atoms with Crippen molar-refractivity contribution in [2.24, 2.45) is 5.92 Å². The zero-order valence-corrected chi connectivity index (χ0v) is 23.9. The highest BCUT2D eigenvalue weighted by Crippen LogP contribution is 2.35. The standard InChI is InChI=1S/C13H22O7S.2C6H15N/c1-3-5-6-7-8-10(11(14)15)13(9-4-2,12(16)17)21(18,19)20;2*1-4-7(5-2)6-3/h4,10H,2-3,5-9H2,1H3,(H,14,15)(H,16,17)(H,18,19,20);2*4-6H2,1-3H3. The van der Waals surface area contributed by atoms with Gasteiger partial charge in [-0.2, -0.15) is 8.42 Å². The summed E-state index contributed by atoms with van der Waals surface area (Å²) in [6.07, 6.45) is 2.93. The molecule has 0 amide bonds. The predicted octanol–water partition coefficient (Wildman–Crippen LogP) is 4.64. The number of rotatable bonds is 17. The summed E-state index contributed by atoms with van der Waals surface area (Å²) in [6.45, 7) is 25.5. The third-order valence-electron chi connectivity index (χ3n) is 6.16. The fourth-order valence-electron chi connectivity index (χ4n) is 3.66. The van der Waals surface area contributed by atoms with Crippen molar-refractivity contribution >= 4 is 22.1 Å². The summed E-state index contributed by atoms with van der Waals surface area (Å²) < 4.78 is 29.7. The van der Waals surface area contributed by atoms with Gasteiger partial charge in [-0.3, -0.25) is 14.1 Å². The van der Waals surface area contributed by atoms with Crippen molar-refractivity contribution in [3.8, 4) is 0 Å². The van der Waals surface area contributed by atoms with Crippen LogP contribution >= 0.6 is 0 Å². The lowest BCUT2D eigenvalue weighted by molar-refractivity contribution is -0.152. The summed E-state index contributed by atoms with van der Waals surface area (Å²) in [5.41, 5.74) is 0. The third kappa shape index (κ3) is 14.6. The Kier molecular flexibility index (Phi) is 23.7. The zero-order valence-electron chi connectivity index (χ0n) is 23.1. The SMILES string of the molecule is C=CCC(C(=O)O)(C(CCCCCC)C(=O)O)S(=O)(=O)O.CCN(CC)CC.CCN(CC)CC. The van der Waals surface area contributed by atoms with Gasteiger partial charge >= 0.3 is 11.9 Å². The highest BCUT2D eigenvalue weighted by Gasteiger charge is 2.58. The molecule has 0 aromatic heterocycles. The molecule has 0 fully saturated rings. The minimum Gasteiger partial charge on any atom is -0.481 e. The molecule has 0 aromatic carbocycles. The number of carboxylic acids is 2. The summed E-state index contributed by atoms with van der Waals surface area (Å²) >= 11 is 0. The van der Waals surface area contributed by atoms with Crippen LogP contribution in [0.4, 0.5) is 0 Å². The van der Waals surface area contributed by atoms with Gasteiger partial charge in [-0.05, 0) is 52.1 Å². The molecule has 0 heterocycles. The minimum atomic E-state index is -5.13.